The van der Waals surface area contributed by atoms with E-state index in [0.29, 0.717) is 11.7 Å². The minimum Gasteiger partial charge on any atom is -0.474 e. The zero-order chi connectivity index (χ0) is 25.6. The average molecular weight is 486 g/mol. The van der Waals surface area contributed by atoms with E-state index in [1.54, 1.807) is 38.9 Å². The van der Waals surface area contributed by atoms with Crippen molar-refractivity contribution < 1.29 is 18.7 Å². The molecular formula is C26H36FN5O3. The Morgan fingerprint density at radius 3 is 2.80 bits per heavy atom. The van der Waals surface area contributed by atoms with E-state index in [1.807, 2.05) is 12.1 Å². The Hall–Kier alpha value is -3.36. The Balaban J connectivity index is 1.87. The van der Waals surface area contributed by atoms with Crippen molar-refractivity contribution in [3.8, 4) is 5.88 Å². The Morgan fingerprint density at radius 1 is 1.40 bits per heavy atom. The van der Waals surface area contributed by atoms with Crippen LogP contribution in [0.4, 0.5) is 9.18 Å². The summed E-state index contributed by atoms with van der Waals surface area (Å²) in [5.41, 5.74) is 2.22. The van der Waals surface area contributed by atoms with Crippen LogP contribution in [0.2, 0.25) is 0 Å². The second kappa shape index (κ2) is 11.4. The zero-order valence-electron chi connectivity index (χ0n) is 21.4. The molecule has 1 saturated carbocycles. The lowest BCUT2D eigenvalue weighted by atomic mass is 10.0. The van der Waals surface area contributed by atoms with Gasteiger partial charge in [0, 0.05) is 37.1 Å². The molecule has 9 heteroatoms. The number of alkyl carbamates (subject to hydrolysis) is 1. The van der Waals surface area contributed by atoms with E-state index in [4.69, 9.17) is 9.47 Å². The first kappa shape index (κ1) is 26.2. The minimum absolute atomic E-state index is 0.0951. The number of ether oxygens (including phenoxy) is 2. The number of amidine groups is 1. The van der Waals surface area contributed by atoms with Crippen LogP contribution in [0.25, 0.3) is 5.57 Å². The van der Waals surface area contributed by atoms with Crippen molar-refractivity contribution in [2.45, 2.75) is 65.6 Å². The molecular weight excluding hydrogens is 449 g/mol. The van der Waals surface area contributed by atoms with Crippen molar-refractivity contribution in [1.82, 2.24) is 20.5 Å². The van der Waals surface area contributed by atoms with Gasteiger partial charge in [0.15, 0.2) is 11.7 Å². The molecule has 0 radical (unpaired) electrons. The summed E-state index contributed by atoms with van der Waals surface area (Å²) < 4.78 is 26.1. The molecule has 1 aromatic heterocycles. The van der Waals surface area contributed by atoms with E-state index < -0.39 is 17.5 Å². The normalized spacial score (nSPS) is 19.2. The number of hydrogen-bond acceptors (Lipinski definition) is 6. The van der Waals surface area contributed by atoms with Gasteiger partial charge >= 0.3 is 6.09 Å². The van der Waals surface area contributed by atoms with Crippen LogP contribution in [0.5, 0.6) is 5.88 Å². The first-order valence-electron chi connectivity index (χ1n) is 12.0. The van der Waals surface area contributed by atoms with Crippen molar-refractivity contribution in [2.24, 2.45) is 4.99 Å². The fraction of sp³-hybridized carbons (Fsp3) is 0.500. The number of aromatic nitrogens is 1. The first-order chi connectivity index (χ1) is 16.6. The third-order valence-electron chi connectivity index (χ3n) is 5.24. The number of nitrogens with zero attached hydrogens (tertiary/aromatic N) is 3. The third-order valence-corrected chi connectivity index (χ3v) is 5.24. The van der Waals surface area contributed by atoms with Crippen molar-refractivity contribution in [2.75, 3.05) is 20.1 Å². The van der Waals surface area contributed by atoms with Crippen molar-refractivity contribution in [3.63, 3.8) is 0 Å². The molecule has 0 atom stereocenters. The number of carbonyl (C=O) groups excluding carboxylic acids is 1. The third kappa shape index (κ3) is 7.83. The molecule has 0 bridgehead atoms. The summed E-state index contributed by atoms with van der Waals surface area (Å²) in [4.78, 5) is 22.3. The Kier molecular flexibility index (Phi) is 8.53. The molecule has 2 aliphatic rings. The van der Waals surface area contributed by atoms with Gasteiger partial charge < -0.3 is 25.0 Å². The maximum Gasteiger partial charge on any atom is 0.407 e. The van der Waals surface area contributed by atoms with Crippen LogP contribution in [0.1, 0.15) is 59.4 Å². The number of pyridine rings is 1. The second-order valence-corrected chi connectivity index (χ2v) is 9.65. The van der Waals surface area contributed by atoms with Gasteiger partial charge in [0.1, 0.15) is 17.5 Å². The fourth-order valence-corrected chi connectivity index (χ4v) is 3.22. The van der Waals surface area contributed by atoms with Gasteiger partial charge in [0.2, 0.25) is 5.88 Å². The highest BCUT2D eigenvalue weighted by molar-refractivity contribution is 6.00. The molecule has 1 amide bonds. The number of rotatable bonds is 8. The van der Waals surface area contributed by atoms with Gasteiger partial charge in [0.25, 0.3) is 0 Å². The van der Waals surface area contributed by atoms with Gasteiger partial charge in [-0.15, -0.1) is 0 Å². The number of hydrogen-bond donors (Lipinski definition) is 2. The van der Waals surface area contributed by atoms with Crippen LogP contribution in [-0.2, 0) is 4.74 Å². The quantitative estimate of drug-likeness (QED) is 0.509. The fourth-order valence-electron chi connectivity index (χ4n) is 3.22. The predicted octanol–water partition coefficient (Wildman–Crippen LogP) is 4.92. The maximum atomic E-state index is 14.8. The lowest BCUT2D eigenvalue weighted by Gasteiger charge is -2.28. The van der Waals surface area contributed by atoms with Gasteiger partial charge in [-0.25, -0.2) is 14.2 Å². The molecule has 0 saturated heterocycles. The predicted molar refractivity (Wildman–Crippen MR) is 135 cm³/mol. The molecule has 2 N–H and O–H groups in total. The summed E-state index contributed by atoms with van der Waals surface area (Å²) >= 11 is 0. The van der Waals surface area contributed by atoms with E-state index in [2.05, 4.69) is 40.5 Å². The number of nitrogens with one attached hydrogen (secondary N) is 2. The van der Waals surface area contributed by atoms with E-state index in [1.165, 1.54) is 6.20 Å². The molecule has 3 rings (SSSR count). The number of amides is 1. The van der Waals surface area contributed by atoms with Crippen LogP contribution in [-0.4, -0.2) is 53.7 Å². The Bertz CT molecular complexity index is 1050. The van der Waals surface area contributed by atoms with E-state index in [-0.39, 0.29) is 25.0 Å². The molecule has 1 fully saturated rings. The molecule has 35 heavy (non-hydrogen) atoms. The van der Waals surface area contributed by atoms with Crippen LogP contribution in [0.3, 0.4) is 0 Å². The molecule has 1 aliphatic heterocycles. The largest absolute Gasteiger partial charge is 0.474 e. The average Bonchev–Trinajstić information content (AvgIpc) is 3.60. The van der Waals surface area contributed by atoms with Crippen LogP contribution >= 0.6 is 0 Å². The van der Waals surface area contributed by atoms with Crippen LogP contribution < -0.4 is 15.4 Å². The van der Waals surface area contributed by atoms with E-state index in [9.17, 15) is 9.18 Å². The summed E-state index contributed by atoms with van der Waals surface area (Å²) in [6.07, 6.45) is 7.72. The zero-order valence-corrected chi connectivity index (χ0v) is 21.4. The highest BCUT2D eigenvalue weighted by atomic mass is 19.1. The SMILES string of the molecule is CCC(C)=C/C(=C1/NC(=NCCNC(=O)OC(C)(C)C)C(F)=CN1C)c1cccnc1OC1CC1. The molecule has 1 aliphatic carbocycles. The monoisotopic (exact) mass is 485 g/mol. The van der Waals surface area contributed by atoms with Crippen LogP contribution in [0, 0.1) is 0 Å². The van der Waals surface area contributed by atoms with Gasteiger partial charge in [-0.3, -0.25) is 4.99 Å². The summed E-state index contributed by atoms with van der Waals surface area (Å²) in [7, 11) is 1.77. The molecule has 1 aromatic rings. The van der Waals surface area contributed by atoms with Crippen molar-refractivity contribution in [1.29, 1.82) is 0 Å². The number of carbonyl (C=O) groups is 1. The summed E-state index contributed by atoms with van der Waals surface area (Å²) in [6.45, 7) is 9.90. The molecule has 2 heterocycles. The van der Waals surface area contributed by atoms with Crippen LogP contribution in [0.15, 0.2) is 52.8 Å². The van der Waals surface area contributed by atoms with Gasteiger partial charge in [-0.2, -0.15) is 0 Å². The van der Waals surface area contributed by atoms with Gasteiger partial charge in [-0.1, -0.05) is 18.6 Å². The van der Waals surface area contributed by atoms with Gasteiger partial charge in [0.05, 0.1) is 6.54 Å². The lowest BCUT2D eigenvalue weighted by Crippen LogP contribution is -2.38. The summed E-state index contributed by atoms with van der Waals surface area (Å²) in [5, 5.41) is 5.78. The molecule has 190 valence electrons. The summed E-state index contributed by atoms with van der Waals surface area (Å²) in [6, 6.07) is 3.82. The lowest BCUT2D eigenvalue weighted by molar-refractivity contribution is 0.0529. The highest BCUT2D eigenvalue weighted by Crippen LogP contribution is 2.34. The van der Waals surface area contributed by atoms with E-state index >= 15 is 0 Å². The minimum atomic E-state index is -0.588. The maximum absolute atomic E-state index is 14.8. The molecule has 0 unspecified atom stereocenters. The second-order valence-electron chi connectivity index (χ2n) is 9.65. The van der Waals surface area contributed by atoms with Crippen molar-refractivity contribution in [3.05, 3.63) is 53.4 Å². The Labute approximate surface area is 207 Å². The van der Waals surface area contributed by atoms with E-state index in [0.717, 1.165) is 36.0 Å². The standard InChI is InChI=1S/C26H36FN5O3/c1-7-17(2)15-20(19-9-8-12-29-24(19)34-18-10-11-18)23-31-22(21(27)16-32(23)6)28-13-14-30-25(33)35-26(3,4)5/h8-9,12,15-16,18H,7,10-11,13-14H2,1-6H3,(H,28,31)(H,30,33)/b17-15?,23-20+. The molecule has 8 nitrogen and oxygen atoms in total. The first-order valence-corrected chi connectivity index (χ1v) is 12.0. The topological polar surface area (TPSA) is 88.1 Å². The number of aliphatic imine (C=N–C) groups is 1. The highest BCUT2D eigenvalue weighted by Gasteiger charge is 2.28. The smallest absolute Gasteiger partial charge is 0.407 e. The Morgan fingerprint density at radius 2 is 2.14 bits per heavy atom. The van der Waals surface area contributed by atoms with Gasteiger partial charge in [-0.05, 0) is 59.1 Å². The molecule has 0 aromatic carbocycles. The molecule has 0 spiro atoms. The van der Waals surface area contributed by atoms with Crippen molar-refractivity contribution >= 4 is 17.5 Å². The number of allylic oxidation sites excluding steroid dienone is 3. The number of halogens is 1. The summed E-state index contributed by atoms with van der Waals surface area (Å²) in [5.74, 6) is 0.817.